The first-order valence-corrected chi connectivity index (χ1v) is 7.72. The maximum absolute atomic E-state index is 12.6. The zero-order valence-electron chi connectivity index (χ0n) is 12.8. The summed E-state index contributed by atoms with van der Waals surface area (Å²) in [5, 5.41) is 0. The van der Waals surface area contributed by atoms with Crippen molar-refractivity contribution in [1.82, 2.24) is 9.88 Å². The Balaban J connectivity index is 1.50. The molecule has 1 unspecified atom stereocenters. The molecule has 128 valence electrons. The third-order valence-electron chi connectivity index (χ3n) is 4.12. The zero-order chi connectivity index (χ0) is 16.3. The number of aromatic nitrogens is 1. The van der Waals surface area contributed by atoms with E-state index < -0.39 is 11.7 Å². The van der Waals surface area contributed by atoms with Gasteiger partial charge in [-0.15, -0.1) is 0 Å². The minimum Gasteiger partial charge on any atom is -0.376 e. The van der Waals surface area contributed by atoms with Gasteiger partial charge in [-0.25, -0.2) is 4.98 Å². The van der Waals surface area contributed by atoms with Crippen molar-refractivity contribution in [3.63, 3.8) is 0 Å². The second kappa shape index (κ2) is 7.02. The molecule has 1 aromatic rings. The van der Waals surface area contributed by atoms with Gasteiger partial charge in [-0.1, -0.05) is 0 Å². The molecule has 0 amide bonds. The van der Waals surface area contributed by atoms with Crippen LogP contribution in [0.15, 0.2) is 18.3 Å². The number of alkyl halides is 3. The minimum atomic E-state index is -4.34. The summed E-state index contributed by atoms with van der Waals surface area (Å²) in [6, 6.07) is 2.53. The lowest BCUT2D eigenvalue weighted by Gasteiger charge is -2.37. The van der Waals surface area contributed by atoms with E-state index in [0.29, 0.717) is 25.6 Å². The Labute approximate surface area is 133 Å². The Morgan fingerprint density at radius 1 is 1.13 bits per heavy atom. The number of pyridine rings is 1. The molecule has 23 heavy (non-hydrogen) atoms. The van der Waals surface area contributed by atoms with Crippen molar-refractivity contribution in [3.8, 4) is 0 Å². The highest BCUT2D eigenvalue weighted by Gasteiger charge is 2.31. The molecular weight excluding hydrogens is 311 g/mol. The molecule has 0 bridgehead atoms. The Kier molecular flexibility index (Phi) is 5.03. The molecule has 0 saturated carbocycles. The Morgan fingerprint density at radius 3 is 2.48 bits per heavy atom. The van der Waals surface area contributed by atoms with Crippen LogP contribution in [0.2, 0.25) is 0 Å². The lowest BCUT2D eigenvalue weighted by Crippen LogP contribution is -2.50. The van der Waals surface area contributed by atoms with Gasteiger partial charge in [0.1, 0.15) is 5.82 Å². The van der Waals surface area contributed by atoms with Gasteiger partial charge in [0, 0.05) is 38.9 Å². The van der Waals surface area contributed by atoms with Crippen molar-refractivity contribution in [2.75, 3.05) is 57.4 Å². The molecule has 0 aliphatic carbocycles. The SMILES string of the molecule is FC(F)(F)c1ccc(N2CCN(CC3COCCO3)CC2)nc1. The van der Waals surface area contributed by atoms with E-state index in [4.69, 9.17) is 9.47 Å². The van der Waals surface area contributed by atoms with E-state index in [1.807, 2.05) is 4.90 Å². The van der Waals surface area contributed by atoms with Crippen molar-refractivity contribution >= 4 is 5.82 Å². The summed E-state index contributed by atoms with van der Waals surface area (Å²) in [6.07, 6.45) is -3.33. The molecule has 8 heteroatoms. The van der Waals surface area contributed by atoms with Crippen LogP contribution in [0.25, 0.3) is 0 Å². The number of hydrogen-bond donors (Lipinski definition) is 0. The first-order chi connectivity index (χ1) is 11.0. The van der Waals surface area contributed by atoms with Crippen LogP contribution in [0.4, 0.5) is 19.0 Å². The number of nitrogens with zero attached hydrogens (tertiary/aromatic N) is 3. The van der Waals surface area contributed by atoms with Crippen molar-refractivity contribution in [1.29, 1.82) is 0 Å². The number of ether oxygens (including phenoxy) is 2. The topological polar surface area (TPSA) is 37.8 Å². The van der Waals surface area contributed by atoms with Crippen LogP contribution in [-0.2, 0) is 15.7 Å². The van der Waals surface area contributed by atoms with Gasteiger partial charge >= 0.3 is 6.18 Å². The summed E-state index contributed by atoms with van der Waals surface area (Å²) in [5.74, 6) is 0.592. The van der Waals surface area contributed by atoms with Gasteiger partial charge in [-0.2, -0.15) is 13.2 Å². The average Bonchev–Trinajstić information content (AvgIpc) is 2.56. The quantitative estimate of drug-likeness (QED) is 0.842. The van der Waals surface area contributed by atoms with Crippen molar-refractivity contribution < 1.29 is 22.6 Å². The number of rotatable bonds is 3. The zero-order valence-corrected chi connectivity index (χ0v) is 12.8. The largest absolute Gasteiger partial charge is 0.417 e. The molecule has 1 aromatic heterocycles. The fourth-order valence-corrected chi connectivity index (χ4v) is 2.83. The summed E-state index contributed by atoms with van der Waals surface area (Å²) in [6.45, 7) is 5.90. The van der Waals surface area contributed by atoms with Gasteiger partial charge in [0.05, 0.1) is 31.5 Å². The Bertz CT molecular complexity index is 496. The van der Waals surface area contributed by atoms with E-state index >= 15 is 0 Å². The van der Waals surface area contributed by atoms with Crippen molar-refractivity contribution in [2.24, 2.45) is 0 Å². The van der Waals surface area contributed by atoms with Gasteiger partial charge < -0.3 is 14.4 Å². The van der Waals surface area contributed by atoms with Gasteiger partial charge in [-0.05, 0) is 12.1 Å². The molecule has 0 spiro atoms. The highest BCUT2D eigenvalue weighted by molar-refractivity contribution is 5.40. The number of hydrogen-bond acceptors (Lipinski definition) is 5. The lowest BCUT2D eigenvalue weighted by molar-refractivity contribution is -0.137. The third-order valence-corrected chi connectivity index (χ3v) is 4.12. The van der Waals surface area contributed by atoms with Crippen molar-refractivity contribution in [3.05, 3.63) is 23.9 Å². The molecule has 1 atom stereocenters. The molecule has 0 aromatic carbocycles. The number of anilines is 1. The summed E-state index contributed by atoms with van der Waals surface area (Å²) in [4.78, 5) is 8.25. The lowest BCUT2D eigenvalue weighted by atomic mass is 10.2. The molecule has 2 aliphatic rings. The molecule has 0 N–H and O–H groups in total. The van der Waals surface area contributed by atoms with Gasteiger partial charge in [0.15, 0.2) is 0 Å². The molecule has 2 aliphatic heterocycles. The van der Waals surface area contributed by atoms with Crippen LogP contribution in [0.1, 0.15) is 5.56 Å². The molecule has 3 heterocycles. The molecular formula is C15H20F3N3O2. The smallest absolute Gasteiger partial charge is 0.376 e. The molecule has 2 fully saturated rings. The fourth-order valence-electron chi connectivity index (χ4n) is 2.83. The Morgan fingerprint density at radius 2 is 1.91 bits per heavy atom. The van der Waals surface area contributed by atoms with Gasteiger partial charge in [-0.3, -0.25) is 4.90 Å². The minimum absolute atomic E-state index is 0.111. The molecule has 3 rings (SSSR count). The summed E-state index contributed by atoms with van der Waals surface area (Å²) in [7, 11) is 0. The summed E-state index contributed by atoms with van der Waals surface area (Å²) in [5.41, 5.74) is -0.714. The van der Waals surface area contributed by atoms with Gasteiger partial charge in [0.25, 0.3) is 0 Å². The Hall–Kier alpha value is -1.38. The van der Waals surface area contributed by atoms with Crippen LogP contribution in [0.5, 0.6) is 0 Å². The third kappa shape index (κ3) is 4.33. The summed E-state index contributed by atoms with van der Waals surface area (Å²) < 4.78 is 48.7. The number of halogens is 3. The van der Waals surface area contributed by atoms with Crippen LogP contribution in [0.3, 0.4) is 0 Å². The van der Waals surface area contributed by atoms with Gasteiger partial charge in [0.2, 0.25) is 0 Å². The van der Waals surface area contributed by atoms with Crippen LogP contribution in [0, 0.1) is 0 Å². The van der Waals surface area contributed by atoms with Crippen LogP contribution in [-0.4, -0.2) is 68.5 Å². The second-order valence-corrected chi connectivity index (χ2v) is 5.76. The van der Waals surface area contributed by atoms with E-state index in [9.17, 15) is 13.2 Å². The summed E-state index contributed by atoms with van der Waals surface area (Å²) >= 11 is 0. The normalized spacial score (nSPS) is 24.0. The standard InChI is InChI=1S/C15H20F3N3O2/c16-15(17,18)12-1-2-14(19-9-12)21-5-3-20(4-6-21)10-13-11-22-7-8-23-13/h1-2,9,13H,3-8,10-11H2. The first-order valence-electron chi connectivity index (χ1n) is 7.72. The molecule has 2 saturated heterocycles. The van der Waals surface area contributed by atoms with E-state index in [1.165, 1.54) is 6.07 Å². The highest BCUT2D eigenvalue weighted by atomic mass is 19.4. The van der Waals surface area contributed by atoms with E-state index in [2.05, 4.69) is 9.88 Å². The predicted molar refractivity (Wildman–Crippen MR) is 78.5 cm³/mol. The van der Waals surface area contributed by atoms with E-state index in [-0.39, 0.29) is 6.10 Å². The molecule has 0 radical (unpaired) electrons. The maximum Gasteiger partial charge on any atom is 0.417 e. The number of piperazine rings is 1. The van der Waals surface area contributed by atoms with Crippen LogP contribution < -0.4 is 4.90 Å². The maximum atomic E-state index is 12.6. The van der Waals surface area contributed by atoms with Crippen LogP contribution >= 0.6 is 0 Å². The predicted octanol–water partition coefficient (Wildman–Crippen LogP) is 1.64. The van der Waals surface area contributed by atoms with E-state index in [0.717, 1.165) is 45.0 Å². The van der Waals surface area contributed by atoms with Crippen molar-refractivity contribution in [2.45, 2.75) is 12.3 Å². The average molecular weight is 331 g/mol. The highest BCUT2D eigenvalue weighted by Crippen LogP contribution is 2.29. The second-order valence-electron chi connectivity index (χ2n) is 5.76. The first kappa shape index (κ1) is 16.5. The monoisotopic (exact) mass is 331 g/mol. The molecule has 5 nitrogen and oxygen atoms in total. The fraction of sp³-hybridized carbons (Fsp3) is 0.667. The van der Waals surface area contributed by atoms with E-state index in [1.54, 1.807) is 0 Å².